The SMILES string of the molecule is CCCCCCC1CC=C(C#Cc2ccc(-c3ccc(CCCCC)cc3F)cc2)CC1. The van der Waals surface area contributed by atoms with Gasteiger partial charge in [0.15, 0.2) is 0 Å². The molecule has 1 heteroatoms. The maximum Gasteiger partial charge on any atom is 0.131 e. The second-order valence-electron chi connectivity index (χ2n) is 9.32. The van der Waals surface area contributed by atoms with Gasteiger partial charge in [0.2, 0.25) is 0 Å². The van der Waals surface area contributed by atoms with Gasteiger partial charge < -0.3 is 0 Å². The van der Waals surface area contributed by atoms with Gasteiger partial charge in [-0.1, -0.05) is 101 Å². The lowest BCUT2D eigenvalue weighted by Gasteiger charge is -2.19. The first kappa shape index (κ1) is 24.3. The first-order chi connectivity index (χ1) is 15.7. The molecule has 1 aliphatic carbocycles. The molecule has 0 aromatic heterocycles. The Hall–Kier alpha value is -2.33. The van der Waals surface area contributed by atoms with Crippen molar-refractivity contribution in [2.45, 2.75) is 90.9 Å². The highest BCUT2D eigenvalue weighted by molar-refractivity contribution is 5.65. The van der Waals surface area contributed by atoms with Gasteiger partial charge in [0, 0.05) is 11.1 Å². The molecule has 0 aliphatic heterocycles. The Morgan fingerprint density at radius 3 is 2.34 bits per heavy atom. The van der Waals surface area contributed by atoms with Crippen molar-refractivity contribution in [2.24, 2.45) is 5.92 Å². The Balaban J connectivity index is 1.55. The number of rotatable bonds is 10. The Bertz CT molecular complexity index is 923. The van der Waals surface area contributed by atoms with E-state index in [0.29, 0.717) is 5.56 Å². The molecular formula is C31H39F. The van der Waals surface area contributed by atoms with E-state index in [0.717, 1.165) is 41.9 Å². The number of hydrogen-bond acceptors (Lipinski definition) is 0. The smallest absolute Gasteiger partial charge is 0.131 e. The van der Waals surface area contributed by atoms with Crippen LogP contribution in [0.2, 0.25) is 0 Å². The van der Waals surface area contributed by atoms with Crippen LogP contribution in [-0.4, -0.2) is 0 Å². The average molecular weight is 431 g/mol. The van der Waals surface area contributed by atoms with Gasteiger partial charge in [-0.3, -0.25) is 0 Å². The molecule has 170 valence electrons. The van der Waals surface area contributed by atoms with Crippen molar-refractivity contribution in [3.8, 4) is 23.0 Å². The first-order valence-corrected chi connectivity index (χ1v) is 12.8. The van der Waals surface area contributed by atoms with Crippen molar-refractivity contribution in [3.05, 3.63) is 71.1 Å². The van der Waals surface area contributed by atoms with Gasteiger partial charge in [-0.05, 0) is 72.9 Å². The van der Waals surface area contributed by atoms with E-state index in [2.05, 4.69) is 37.8 Å². The molecule has 3 rings (SSSR count). The van der Waals surface area contributed by atoms with E-state index in [1.165, 1.54) is 63.4 Å². The number of unbranched alkanes of at least 4 members (excludes halogenated alkanes) is 5. The molecular weight excluding hydrogens is 391 g/mol. The van der Waals surface area contributed by atoms with E-state index >= 15 is 0 Å². The van der Waals surface area contributed by atoms with Crippen LogP contribution in [-0.2, 0) is 6.42 Å². The van der Waals surface area contributed by atoms with E-state index in [9.17, 15) is 4.39 Å². The maximum atomic E-state index is 14.6. The van der Waals surface area contributed by atoms with Crippen LogP contribution in [0, 0.1) is 23.6 Å². The molecule has 0 radical (unpaired) electrons. The van der Waals surface area contributed by atoms with E-state index in [1.54, 1.807) is 6.07 Å². The van der Waals surface area contributed by atoms with Crippen molar-refractivity contribution >= 4 is 0 Å². The highest BCUT2D eigenvalue weighted by Gasteiger charge is 2.13. The molecule has 0 amide bonds. The lowest BCUT2D eigenvalue weighted by atomic mass is 9.86. The minimum absolute atomic E-state index is 0.130. The largest absolute Gasteiger partial charge is 0.206 e. The van der Waals surface area contributed by atoms with Crippen LogP contribution >= 0.6 is 0 Å². The van der Waals surface area contributed by atoms with E-state index in [4.69, 9.17) is 0 Å². The number of halogens is 1. The Morgan fingerprint density at radius 1 is 0.875 bits per heavy atom. The van der Waals surface area contributed by atoms with Gasteiger partial charge in [-0.25, -0.2) is 4.39 Å². The molecule has 1 atom stereocenters. The molecule has 0 bridgehead atoms. The minimum atomic E-state index is -0.130. The fraction of sp³-hybridized carbons (Fsp3) is 0.484. The Morgan fingerprint density at radius 2 is 1.66 bits per heavy atom. The summed E-state index contributed by atoms with van der Waals surface area (Å²) in [4.78, 5) is 0. The minimum Gasteiger partial charge on any atom is -0.206 e. The average Bonchev–Trinajstić information content (AvgIpc) is 2.82. The van der Waals surface area contributed by atoms with Crippen molar-refractivity contribution in [3.63, 3.8) is 0 Å². The van der Waals surface area contributed by atoms with Crippen LogP contribution in [0.1, 0.15) is 95.6 Å². The van der Waals surface area contributed by atoms with Crippen LogP contribution < -0.4 is 0 Å². The normalized spacial score (nSPS) is 15.7. The molecule has 0 fully saturated rings. The first-order valence-electron chi connectivity index (χ1n) is 12.8. The van der Waals surface area contributed by atoms with Crippen LogP contribution in [0.3, 0.4) is 0 Å². The Labute approximate surface area is 195 Å². The predicted molar refractivity (Wildman–Crippen MR) is 136 cm³/mol. The molecule has 1 aliphatic rings. The molecule has 32 heavy (non-hydrogen) atoms. The zero-order chi connectivity index (χ0) is 22.6. The van der Waals surface area contributed by atoms with Crippen molar-refractivity contribution < 1.29 is 4.39 Å². The molecule has 0 nitrogen and oxygen atoms in total. The maximum absolute atomic E-state index is 14.6. The summed E-state index contributed by atoms with van der Waals surface area (Å²) in [6, 6.07) is 13.7. The van der Waals surface area contributed by atoms with E-state index in [-0.39, 0.29) is 5.82 Å². The standard InChI is InChI=1S/C31H39F/c1-3-5-7-9-10-25-12-14-26(15-13-25)16-17-27-18-21-29(22-19-27)30-23-20-28(24-31(30)32)11-8-6-4-2/h14,18-25H,3-13,15H2,1-2H3. The second-order valence-corrected chi connectivity index (χ2v) is 9.32. The third-order valence-corrected chi connectivity index (χ3v) is 6.65. The third-order valence-electron chi connectivity index (χ3n) is 6.65. The summed E-state index contributed by atoms with van der Waals surface area (Å²) in [5, 5.41) is 0. The highest BCUT2D eigenvalue weighted by atomic mass is 19.1. The van der Waals surface area contributed by atoms with Crippen LogP contribution in [0.4, 0.5) is 4.39 Å². The van der Waals surface area contributed by atoms with Gasteiger partial charge >= 0.3 is 0 Å². The molecule has 0 N–H and O–H groups in total. The number of benzene rings is 2. The zero-order valence-corrected chi connectivity index (χ0v) is 20.1. The molecule has 1 unspecified atom stereocenters. The van der Waals surface area contributed by atoms with Gasteiger partial charge in [-0.15, -0.1) is 0 Å². The van der Waals surface area contributed by atoms with Crippen molar-refractivity contribution in [1.82, 2.24) is 0 Å². The fourth-order valence-electron chi connectivity index (χ4n) is 4.54. The van der Waals surface area contributed by atoms with E-state index < -0.39 is 0 Å². The third kappa shape index (κ3) is 7.67. The van der Waals surface area contributed by atoms with Gasteiger partial charge in [0.1, 0.15) is 5.82 Å². The zero-order valence-electron chi connectivity index (χ0n) is 20.1. The van der Waals surface area contributed by atoms with Gasteiger partial charge in [0.25, 0.3) is 0 Å². The number of aryl methyl sites for hydroxylation is 1. The molecule has 0 saturated heterocycles. The van der Waals surface area contributed by atoms with Crippen LogP contribution in [0.5, 0.6) is 0 Å². The lowest BCUT2D eigenvalue weighted by Crippen LogP contribution is -2.05. The molecule has 2 aromatic carbocycles. The summed E-state index contributed by atoms with van der Waals surface area (Å²) >= 11 is 0. The van der Waals surface area contributed by atoms with E-state index in [1.807, 2.05) is 30.3 Å². The summed E-state index contributed by atoms with van der Waals surface area (Å²) in [6.07, 6.45) is 17.2. The summed E-state index contributed by atoms with van der Waals surface area (Å²) in [7, 11) is 0. The molecule has 2 aromatic rings. The predicted octanol–water partition coefficient (Wildman–Crippen LogP) is 9.27. The monoisotopic (exact) mass is 430 g/mol. The van der Waals surface area contributed by atoms with Crippen LogP contribution in [0.15, 0.2) is 54.1 Å². The summed E-state index contributed by atoms with van der Waals surface area (Å²) in [5.74, 6) is 7.40. The second kappa shape index (κ2) is 13.3. The topological polar surface area (TPSA) is 0 Å². The summed E-state index contributed by atoms with van der Waals surface area (Å²) in [5.41, 5.74) is 4.95. The Kier molecular flexibility index (Phi) is 10.1. The van der Waals surface area contributed by atoms with Gasteiger partial charge in [0.05, 0.1) is 0 Å². The van der Waals surface area contributed by atoms with Gasteiger partial charge in [-0.2, -0.15) is 0 Å². The molecule has 0 saturated carbocycles. The summed E-state index contributed by atoms with van der Waals surface area (Å²) in [6.45, 7) is 4.46. The fourth-order valence-corrected chi connectivity index (χ4v) is 4.54. The number of allylic oxidation sites excluding steroid dienone is 2. The molecule has 0 heterocycles. The quantitative estimate of drug-likeness (QED) is 0.260. The van der Waals surface area contributed by atoms with Crippen LogP contribution in [0.25, 0.3) is 11.1 Å². The summed E-state index contributed by atoms with van der Waals surface area (Å²) < 4.78 is 14.6. The van der Waals surface area contributed by atoms with Crippen molar-refractivity contribution in [1.29, 1.82) is 0 Å². The molecule has 0 spiro atoms. The van der Waals surface area contributed by atoms with Crippen molar-refractivity contribution in [2.75, 3.05) is 0 Å². The lowest BCUT2D eigenvalue weighted by molar-refractivity contribution is 0.417. The number of hydrogen-bond donors (Lipinski definition) is 0. The highest BCUT2D eigenvalue weighted by Crippen LogP contribution is 2.28.